The second-order valence-electron chi connectivity index (χ2n) is 10.1. The van der Waals surface area contributed by atoms with Crippen LogP contribution in [0.25, 0.3) is 16.8 Å². The fourth-order valence-corrected chi connectivity index (χ4v) is 5.38. The minimum absolute atomic E-state index is 0.0906. The topological polar surface area (TPSA) is 130 Å². The van der Waals surface area contributed by atoms with Crippen LogP contribution in [0, 0.1) is 0 Å². The lowest BCUT2D eigenvalue weighted by Crippen LogP contribution is -2.30. The van der Waals surface area contributed by atoms with Crippen molar-refractivity contribution >= 4 is 63.6 Å². The zero-order valence-electron chi connectivity index (χ0n) is 24.3. The quantitative estimate of drug-likeness (QED) is 0.106. The van der Waals surface area contributed by atoms with Crippen LogP contribution >= 0.6 is 11.8 Å². The first kappa shape index (κ1) is 30.8. The van der Waals surface area contributed by atoms with Gasteiger partial charge in [-0.15, -0.1) is 11.8 Å². The molecule has 224 valence electrons. The van der Waals surface area contributed by atoms with E-state index >= 15 is 0 Å². The molecule has 0 aliphatic rings. The Hall–Kier alpha value is -5.67. The van der Waals surface area contributed by atoms with Crippen LogP contribution in [-0.4, -0.2) is 28.9 Å². The van der Waals surface area contributed by atoms with Crippen molar-refractivity contribution in [2.24, 2.45) is 5.73 Å². The van der Waals surface area contributed by atoms with Crippen molar-refractivity contribution in [2.75, 3.05) is 10.6 Å². The molecule has 0 aliphatic heterocycles. The first-order valence-electron chi connectivity index (χ1n) is 14.1. The van der Waals surface area contributed by atoms with Crippen molar-refractivity contribution in [1.82, 2.24) is 5.32 Å². The van der Waals surface area contributed by atoms with E-state index in [-0.39, 0.29) is 11.6 Å². The maximum absolute atomic E-state index is 13.5. The molecule has 0 spiro atoms. The predicted octanol–water partition coefficient (Wildman–Crippen LogP) is 6.47. The standard InChI is InChI=1S/C36H30N4O4S/c1-23(34(42)38-28-16-14-25(15-17-28)33(37)41)45-30-20-18-29(19-21-30)39-36(44)32(40-35(43)26-9-3-2-4-10-26)22-27-12-7-11-24-8-5-6-13-31(24)27/h2-23H,1H3,(H2,37,41)(H,38,42)(H,39,44)(H,40,43)/b32-22-. The van der Waals surface area contributed by atoms with Gasteiger partial charge in [-0.2, -0.15) is 0 Å². The number of nitrogens with one attached hydrogen (secondary N) is 3. The summed E-state index contributed by atoms with van der Waals surface area (Å²) in [5, 5.41) is 10.0. The predicted molar refractivity (Wildman–Crippen MR) is 180 cm³/mol. The molecule has 0 heterocycles. The molecule has 0 saturated heterocycles. The normalized spacial score (nSPS) is 11.8. The lowest BCUT2D eigenvalue weighted by Gasteiger charge is -2.14. The molecule has 1 unspecified atom stereocenters. The van der Waals surface area contributed by atoms with E-state index in [1.807, 2.05) is 60.7 Å². The third-order valence-corrected chi connectivity index (χ3v) is 8.00. The average Bonchev–Trinajstić information content (AvgIpc) is 3.06. The molecule has 0 fully saturated rings. The van der Waals surface area contributed by atoms with Gasteiger partial charge in [0, 0.05) is 27.4 Å². The summed E-state index contributed by atoms with van der Waals surface area (Å²) in [7, 11) is 0. The summed E-state index contributed by atoms with van der Waals surface area (Å²) in [6.07, 6.45) is 1.67. The van der Waals surface area contributed by atoms with Gasteiger partial charge >= 0.3 is 0 Å². The smallest absolute Gasteiger partial charge is 0.272 e. The van der Waals surface area contributed by atoms with E-state index in [0.29, 0.717) is 22.5 Å². The maximum atomic E-state index is 13.5. The zero-order chi connectivity index (χ0) is 31.8. The van der Waals surface area contributed by atoms with Crippen LogP contribution in [0.2, 0.25) is 0 Å². The average molecular weight is 615 g/mol. The molecule has 9 heteroatoms. The molecule has 5 N–H and O–H groups in total. The number of fused-ring (bicyclic) bond motifs is 1. The highest BCUT2D eigenvalue weighted by molar-refractivity contribution is 8.00. The van der Waals surface area contributed by atoms with Gasteiger partial charge < -0.3 is 21.7 Å². The van der Waals surface area contributed by atoms with Crippen LogP contribution in [-0.2, 0) is 9.59 Å². The van der Waals surface area contributed by atoms with Gasteiger partial charge in [0.2, 0.25) is 11.8 Å². The largest absolute Gasteiger partial charge is 0.366 e. The Labute approximate surface area is 264 Å². The van der Waals surface area contributed by atoms with Crippen molar-refractivity contribution in [2.45, 2.75) is 17.1 Å². The fourth-order valence-electron chi connectivity index (χ4n) is 4.51. The van der Waals surface area contributed by atoms with E-state index < -0.39 is 23.0 Å². The van der Waals surface area contributed by atoms with E-state index in [2.05, 4.69) is 16.0 Å². The number of anilines is 2. The molecule has 0 aliphatic carbocycles. The highest BCUT2D eigenvalue weighted by atomic mass is 32.2. The maximum Gasteiger partial charge on any atom is 0.272 e. The minimum Gasteiger partial charge on any atom is -0.366 e. The molecular weight excluding hydrogens is 584 g/mol. The van der Waals surface area contributed by atoms with E-state index in [0.717, 1.165) is 21.2 Å². The van der Waals surface area contributed by atoms with Gasteiger partial charge in [-0.25, -0.2) is 0 Å². The lowest BCUT2D eigenvalue weighted by molar-refractivity contribution is -0.115. The van der Waals surface area contributed by atoms with E-state index in [9.17, 15) is 19.2 Å². The van der Waals surface area contributed by atoms with Crippen molar-refractivity contribution < 1.29 is 19.2 Å². The number of amides is 4. The van der Waals surface area contributed by atoms with Gasteiger partial charge in [-0.1, -0.05) is 60.7 Å². The molecule has 45 heavy (non-hydrogen) atoms. The van der Waals surface area contributed by atoms with Crippen LogP contribution in [0.15, 0.2) is 132 Å². The number of nitrogens with two attached hydrogens (primary N) is 1. The molecule has 5 rings (SSSR count). The second-order valence-corrected chi connectivity index (χ2v) is 11.5. The lowest BCUT2D eigenvalue weighted by atomic mass is 10.0. The number of thioether (sulfide) groups is 1. The summed E-state index contributed by atoms with van der Waals surface area (Å²) < 4.78 is 0. The Kier molecular flexibility index (Phi) is 9.71. The van der Waals surface area contributed by atoms with Gasteiger partial charge in [-0.3, -0.25) is 19.2 Å². The van der Waals surface area contributed by atoms with Gasteiger partial charge in [0.25, 0.3) is 11.8 Å². The molecule has 4 amide bonds. The summed E-state index contributed by atoms with van der Waals surface area (Å²) in [6, 6.07) is 35.8. The molecule has 5 aromatic carbocycles. The Morgan fingerprint density at radius 1 is 0.689 bits per heavy atom. The molecule has 5 aromatic rings. The summed E-state index contributed by atoms with van der Waals surface area (Å²) in [4.78, 5) is 51.4. The third kappa shape index (κ3) is 8.04. The molecule has 0 saturated carbocycles. The number of benzene rings is 5. The number of carbonyl (C=O) groups excluding carboxylic acids is 4. The first-order valence-corrected chi connectivity index (χ1v) is 15.0. The molecule has 1 atom stereocenters. The summed E-state index contributed by atoms with van der Waals surface area (Å²) in [5.74, 6) is -1.63. The Morgan fingerprint density at radius 3 is 2.02 bits per heavy atom. The van der Waals surface area contributed by atoms with Gasteiger partial charge in [0.05, 0.1) is 5.25 Å². The molecular formula is C36H30N4O4S. The molecule has 0 bridgehead atoms. The number of hydrogen-bond donors (Lipinski definition) is 4. The Morgan fingerprint density at radius 2 is 1.31 bits per heavy atom. The highest BCUT2D eigenvalue weighted by Crippen LogP contribution is 2.26. The van der Waals surface area contributed by atoms with E-state index in [4.69, 9.17) is 5.73 Å². The molecule has 0 radical (unpaired) electrons. The van der Waals surface area contributed by atoms with Crippen LogP contribution in [0.4, 0.5) is 11.4 Å². The van der Waals surface area contributed by atoms with Crippen molar-refractivity contribution in [3.8, 4) is 0 Å². The minimum atomic E-state index is -0.537. The van der Waals surface area contributed by atoms with Crippen LogP contribution < -0.4 is 21.7 Å². The monoisotopic (exact) mass is 614 g/mol. The van der Waals surface area contributed by atoms with E-state index in [1.165, 1.54) is 11.8 Å². The van der Waals surface area contributed by atoms with Crippen LogP contribution in [0.5, 0.6) is 0 Å². The van der Waals surface area contributed by atoms with Gasteiger partial charge in [-0.05, 0) is 90.0 Å². The summed E-state index contributed by atoms with van der Waals surface area (Å²) in [6.45, 7) is 1.78. The van der Waals surface area contributed by atoms with Gasteiger partial charge in [0.15, 0.2) is 0 Å². The SMILES string of the molecule is CC(Sc1ccc(NC(=O)/C(=C/c2cccc3ccccc23)NC(=O)c2ccccc2)cc1)C(=O)Nc1ccc(C(N)=O)cc1. The van der Waals surface area contributed by atoms with Crippen molar-refractivity contribution in [3.63, 3.8) is 0 Å². The number of primary amides is 1. The zero-order valence-corrected chi connectivity index (χ0v) is 25.1. The van der Waals surface area contributed by atoms with Crippen LogP contribution in [0.3, 0.4) is 0 Å². The number of carbonyl (C=O) groups is 4. The summed E-state index contributed by atoms with van der Waals surface area (Å²) in [5.41, 5.74) is 8.01. The Balaban J connectivity index is 1.28. The molecule has 8 nitrogen and oxygen atoms in total. The number of hydrogen-bond acceptors (Lipinski definition) is 5. The summed E-state index contributed by atoms with van der Waals surface area (Å²) >= 11 is 1.35. The fraction of sp³-hybridized carbons (Fsp3) is 0.0556. The van der Waals surface area contributed by atoms with Crippen molar-refractivity contribution in [3.05, 3.63) is 144 Å². The highest BCUT2D eigenvalue weighted by Gasteiger charge is 2.17. The Bertz CT molecular complexity index is 1880. The second kappa shape index (κ2) is 14.2. The van der Waals surface area contributed by atoms with Gasteiger partial charge in [0.1, 0.15) is 5.70 Å². The van der Waals surface area contributed by atoms with E-state index in [1.54, 1.807) is 73.7 Å². The number of rotatable bonds is 10. The molecule has 0 aromatic heterocycles. The van der Waals surface area contributed by atoms with Crippen molar-refractivity contribution in [1.29, 1.82) is 0 Å². The first-order chi connectivity index (χ1) is 21.8. The third-order valence-electron chi connectivity index (χ3n) is 6.88. The van der Waals surface area contributed by atoms with Crippen LogP contribution in [0.1, 0.15) is 33.2 Å².